The summed E-state index contributed by atoms with van der Waals surface area (Å²) in [6, 6.07) is 8.20. The van der Waals surface area contributed by atoms with Crippen molar-refractivity contribution in [3.05, 3.63) is 29.3 Å². The first kappa shape index (κ1) is 23.5. The molecule has 1 aromatic rings. The number of halogens is 2. The van der Waals surface area contributed by atoms with Crippen LogP contribution >= 0.6 is 35.6 Å². The summed E-state index contributed by atoms with van der Waals surface area (Å²) in [6.45, 7) is 6.14. The van der Waals surface area contributed by atoms with E-state index in [-0.39, 0.29) is 35.8 Å². The molecule has 2 N–H and O–H groups in total. The van der Waals surface area contributed by atoms with Gasteiger partial charge >= 0.3 is 0 Å². The number of sulfonamides is 1. The number of nitrogens with zero attached hydrogens (tertiary/aromatic N) is 3. The maximum absolute atomic E-state index is 11.9. The lowest BCUT2D eigenvalue weighted by Crippen LogP contribution is -2.45. The van der Waals surface area contributed by atoms with Gasteiger partial charge in [-0.2, -0.15) is 0 Å². The van der Waals surface area contributed by atoms with E-state index in [4.69, 9.17) is 11.6 Å². The normalized spacial score (nSPS) is 22.1. The van der Waals surface area contributed by atoms with Crippen LogP contribution in [0.5, 0.6) is 0 Å². The molecule has 0 aromatic heterocycles. The molecule has 10 heteroatoms. The highest BCUT2D eigenvalue weighted by molar-refractivity contribution is 14.0. The summed E-state index contributed by atoms with van der Waals surface area (Å²) in [5.74, 6) is 1.00. The van der Waals surface area contributed by atoms with Crippen molar-refractivity contribution in [1.29, 1.82) is 0 Å². The Hall–Kier alpha value is -0.780. The summed E-state index contributed by atoms with van der Waals surface area (Å²) in [4.78, 5) is 6.88. The van der Waals surface area contributed by atoms with Gasteiger partial charge in [0.05, 0.1) is 12.3 Å². The van der Waals surface area contributed by atoms with Gasteiger partial charge in [-0.15, -0.1) is 24.0 Å². The Kier molecular flexibility index (Phi) is 9.10. The van der Waals surface area contributed by atoms with Gasteiger partial charge in [-0.3, -0.25) is 4.99 Å². The topological polar surface area (TPSA) is 77.0 Å². The first-order chi connectivity index (χ1) is 13.0. The van der Waals surface area contributed by atoms with Crippen molar-refractivity contribution < 1.29 is 8.42 Å². The van der Waals surface area contributed by atoms with E-state index in [1.165, 1.54) is 4.31 Å². The minimum absolute atomic E-state index is 0. The SMILES string of the molecule is CCNC(=NCCN1CCCS1(=O)=O)NC1CCN(c2cccc(Cl)c2)C1.I. The van der Waals surface area contributed by atoms with Crippen LogP contribution in [-0.2, 0) is 10.0 Å². The molecule has 0 aliphatic carbocycles. The van der Waals surface area contributed by atoms with Crippen LogP contribution in [0.1, 0.15) is 19.8 Å². The summed E-state index contributed by atoms with van der Waals surface area (Å²) in [5.41, 5.74) is 1.13. The number of hydrogen-bond donors (Lipinski definition) is 2. The minimum Gasteiger partial charge on any atom is -0.369 e. The molecule has 28 heavy (non-hydrogen) atoms. The van der Waals surface area contributed by atoms with E-state index >= 15 is 0 Å². The largest absolute Gasteiger partial charge is 0.369 e. The van der Waals surface area contributed by atoms with Crippen LogP contribution in [0.4, 0.5) is 5.69 Å². The Labute approximate surface area is 190 Å². The van der Waals surface area contributed by atoms with Gasteiger partial charge in [-0.25, -0.2) is 12.7 Å². The predicted octanol–water partition coefficient (Wildman–Crippen LogP) is 2.13. The van der Waals surface area contributed by atoms with E-state index in [0.717, 1.165) is 42.7 Å². The number of anilines is 1. The molecule has 1 atom stereocenters. The molecule has 2 aliphatic heterocycles. The van der Waals surface area contributed by atoms with Crippen molar-refractivity contribution in [3.63, 3.8) is 0 Å². The molecule has 1 unspecified atom stereocenters. The second-order valence-electron chi connectivity index (χ2n) is 6.89. The first-order valence-electron chi connectivity index (χ1n) is 9.51. The van der Waals surface area contributed by atoms with E-state index in [1.807, 2.05) is 25.1 Å². The van der Waals surface area contributed by atoms with Crippen molar-refractivity contribution in [3.8, 4) is 0 Å². The van der Waals surface area contributed by atoms with Crippen LogP contribution in [0, 0.1) is 0 Å². The summed E-state index contributed by atoms with van der Waals surface area (Å²) in [7, 11) is -3.06. The fraction of sp³-hybridized carbons (Fsp3) is 0.611. The standard InChI is InChI=1S/C18H28ClN5O2S.HI/c1-2-20-18(21-8-11-24-9-4-12-27(24,25)26)22-16-7-10-23(14-16)17-6-3-5-15(19)13-17;/h3,5-6,13,16H,2,4,7-12,14H2,1H3,(H2,20,21,22);1H. The second-order valence-corrected chi connectivity index (χ2v) is 9.41. The van der Waals surface area contributed by atoms with Gasteiger partial charge in [0.2, 0.25) is 10.0 Å². The lowest BCUT2D eigenvalue weighted by molar-refractivity contribution is 0.451. The van der Waals surface area contributed by atoms with Crippen molar-refractivity contribution in [2.45, 2.75) is 25.8 Å². The quantitative estimate of drug-likeness (QED) is 0.328. The summed E-state index contributed by atoms with van der Waals surface area (Å²) >= 11 is 6.10. The molecule has 1 aromatic carbocycles. The molecular formula is C18H29ClIN5O2S. The molecule has 158 valence electrons. The van der Waals surface area contributed by atoms with Gasteiger partial charge in [-0.1, -0.05) is 17.7 Å². The highest BCUT2D eigenvalue weighted by Crippen LogP contribution is 2.23. The van der Waals surface area contributed by atoms with E-state index in [1.54, 1.807) is 0 Å². The van der Waals surface area contributed by atoms with Crippen molar-refractivity contribution in [2.24, 2.45) is 4.99 Å². The predicted molar refractivity (Wildman–Crippen MR) is 127 cm³/mol. The molecule has 0 radical (unpaired) electrons. The number of rotatable bonds is 6. The van der Waals surface area contributed by atoms with Crippen molar-refractivity contribution >= 4 is 57.2 Å². The maximum atomic E-state index is 11.9. The van der Waals surface area contributed by atoms with Gasteiger partial charge in [0, 0.05) is 49.5 Å². The molecule has 7 nitrogen and oxygen atoms in total. The number of benzene rings is 1. The van der Waals surface area contributed by atoms with E-state index in [9.17, 15) is 8.42 Å². The molecule has 2 fully saturated rings. The third-order valence-electron chi connectivity index (χ3n) is 4.87. The highest BCUT2D eigenvalue weighted by Gasteiger charge is 2.27. The van der Waals surface area contributed by atoms with Gasteiger partial charge in [0.1, 0.15) is 0 Å². The third kappa shape index (κ3) is 6.36. The highest BCUT2D eigenvalue weighted by atomic mass is 127. The first-order valence-corrected chi connectivity index (χ1v) is 11.5. The Morgan fingerprint density at radius 1 is 1.36 bits per heavy atom. The van der Waals surface area contributed by atoms with Crippen LogP contribution in [0.25, 0.3) is 0 Å². The van der Waals surface area contributed by atoms with Crippen molar-refractivity contribution in [1.82, 2.24) is 14.9 Å². The molecule has 0 spiro atoms. The maximum Gasteiger partial charge on any atom is 0.214 e. The average Bonchev–Trinajstić information content (AvgIpc) is 3.21. The zero-order chi connectivity index (χ0) is 19.3. The number of nitrogens with one attached hydrogen (secondary N) is 2. The number of aliphatic imine (C=N–C) groups is 1. The Bertz CT molecular complexity index is 777. The average molecular weight is 542 g/mol. The molecular weight excluding hydrogens is 513 g/mol. The molecule has 2 saturated heterocycles. The summed E-state index contributed by atoms with van der Waals surface area (Å²) in [5, 5.41) is 7.47. The van der Waals surface area contributed by atoms with Crippen LogP contribution < -0.4 is 15.5 Å². The summed E-state index contributed by atoms with van der Waals surface area (Å²) in [6.07, 6.45) is 1.73. The van der Waals surface area contributed by atoms with Crippen LogP contribution in [0.2, 0.25) is 5.02 Å². The number of guanidine groups is 1. The number of hydrogen-bond acceptors (Lipinski definition) is 4. The van der Waals surface area contributed by atoms with E-state index in [2.05, 4.69) is 26.6 Å². The molecule has 0 saturated carbocycles. The van der Waals surface area contributed by atoms with E-state index in [0.29, 0.717) is 26.1 Å². The molecule has 3 rings (SSSR count). The minimum atomic E-state index is -3.06. The lowest BCUT2D eigenvalue weighted by Gasteiger charge is -2.21. The zero-order valence-corrected chi connectivity index (χ0v) is 20.0. The lowest BCUT2D eigenvalue weighted by atomic mass is 10.3. The van der Waals surface area contributed by atoms with Crippen LogP contribution in [0.3, 0.4) is 0 Å². The van der Waals surface area contributed by atoms with E-state index < -0.39 is 10.0 Å². The second kappa shape index (κ2) is 10.8. The molecule has 0 bridgehead atoms. The molecule has 0 amide bonds. The molecule has 2 heterocycles. The van der Waals surface area contributed by atoms with Gasteiger partial charge < -0.3 is 15.5 Å². The fourth-order valence-electron chi connectivity index (χ4n) is 3.51. The Morgan fingerprint density at radius 2 is 2.18 bits per heavy atom. The van der Waals surface area contributed by atoms with Crippen molar-refractivity contribution in [2.75, 3.05) is 49.9 Å². The molecule has 2 aliphatic rings. The Balaban J connectivity index is 0.00000280. The van der Waals surface area contributed by atoms with Gasteiger partial charge in [0.15, 0.2) is 5.96 Å². The Morgan fingerprint density at radius 3 is 2.86 bits per heavy atom. The summed E-state index contributed by atoms with van der Waals surface area (Å²) < 4.78 is 25.3. The fourth-order valence-corrected chi connectivity index (χ4v) is 5.22. The smallest absolute Gasteiger partial charge is 0.214 e. The third-order valence-corrected chi connectivity index (χ3v) is 7.06. The monoisotopic (exact) mass is 541 g/mol. The van der Waals surface area contributed by atoms with Gasteiger partial charge in [-0.05, 0) is 38.0 Å². The zero-order valence-electron chi connectivity index (χ0n) is 16.1. The van der Waals surface area contributed by atoms with Crippen LogP contribution in [-0.4, -0.2) is 69.7 Å². The van der Waals surface area contributed by atoms with Gasteiger partial charge in [0.25, 0.3) is 0 Å². The van der Waals surface area contributed by atoms with Crippen LogP contribution in [0.15, 0.2) is 29.3 Å².